The molecule has 0 radical (unpaired) electrons. The zero-order valence-corrected chi connectivity index (χ0v) is 12.9. The first kappa shape index (κ1) is 15.3. The van der Waals surface area contributed by atoms with Gasteiger partial charge in [0.25, 0.3) is 0 Å². The van der Waals surface area contributed by atoms with Gasteiger partial charge in [0.1, 0.15) is 5.75 Å². The van der Waals surface area contributed by atoms with Crippen molar-refractivity contribution in [3.05, 3.63) is 29.8 Å². The molecule has 1 rings (SSSR count). The van der Waals surface area contributed by atoms with Crippen molar-refractivity contribution in [3.63, 3.8) is 0 Å². The van der Waals surface area contributed by atoms with Crippen molar-refractivity contribution in [3.8, 4) is 5.75 Å². The predicted molar refractivity (Wildman–Crippen MR) is 82.4 cm³/mol. The quantitative estimate of drug-likeness (QED) is 0.439. The molecule has 0 aromatic heterocycles. The van der Waals surface area contributed by atoms with Crippen molar-refractivity contribution in [2.45, 2.75) is 25.7 Å². The highest BCUT2D eigenvalue weighted by molar-refractivity contribution is 14.1. The minimum absolute atomic E-state index is 0.0923. The van der Waals surface area contributed by atoms with E-state index in [-0.39, 0.29) is 5.91 Å². The Morgan fingerprint density at radius 3 is 2.56 bits per heavy atom. The number of nitrogens with one attached hydrogen (secondary N) is 1. The number of rotatable bonds is 8. The molecule has 0 saturated heterocycles. The molecule has 3 nitrogen and oxygen atoms in total. The van der Waals surface area contributed by atoms with Gasteiger partial charge in [0.15, 0.2) is 0 Å². The van der Waals surface area contributed by atoms with Crippen LogP contribution in [0.5, 0.6) is 5.75 Å². The summed E-state index contributed by atoms with van der Waals surface area (Å²) in [5, 5.41) is 2.95. The van der Waals surface area contributed by atoms with E-state index in [9.17, 15) is 4.79 Å². The van der Waals surface area contributed by atoms with Crippen LogP contribution in [0.4, 0.5) is 0 Å². The Morgan fingerprint density at radius 2 is 1.94 bits per heavy atom. The predicted octanol–water partition coefficient (Wildman–Crippen LogP) is 2.96. The molecule has 0 unspecified atom stereocenters. The Labute approximate surface area is 122 Å². The van der Waals surface area contributed by atoms with Gasteiger partial charge >= 0.3 is 0 Å². The van der Waals surface area contributed by atoms with E-state index in [1.165, 1.54) is 17.3 Å². The van der Waals surface area contributed by atoms with Crippen molar-refractivity contribution in [1.82, 2.24) is 5.32 Å². The number of ether oxygens (including phenoxy) is 1. The molecule has 4 heteroatoms. The van der Waals surface area contributed by atoms with Crippen LogP contribution in [0.15, 0.2) is 24.3 Å². The first-order chi connectivity index (χ1) is 8.76. The summed E-state index contributed by atoms with van der Waals surface area (Å²) in [6.45, 7) is 0.783. The lowest BCUT2D eigenvalue weighted by Gasteiger charge is -2.05. The maximum atomic E-state index is 11.7. The molecular formula is C14H20INO2. The molecular weight excluding hydrogens is 341 g/mol. The van der Waals surface area contributed by atoms with Crippen LogP contribution in [0.25, 0.3) is 0 Å². The summed E-state index contributed by atoms with van der Waals surface area (Å²) in [5.41, 5.74) is 1.01. The smallest absolute Gasteiger partial charge is 0.224 e. The summed E-state index contributed by atoms with van der Waals surface area (Å²) in [6.07, 6.45) is 3.92. The Morgan fingerprint density at radius 1 is 1.22 bits per heavy atom. The molecule has 0 atom stereocenters. The van der Waals surface area contributed by atoms with Crippen LogP contribution in [-0.2, 0) is 11.2 Å². The molecule has 0 aliphatic rings. The van der Waals surface area contributed by atoms with Gasteiger partial charge in [-0.2, -0.15) is 0 Å². The molecule has 0 fully saturated rings. The minimum atomic E-state index is 0.0923. The fourth-order valence-electron chi connectivity index (χ4n) is 1.62. The SMILES string of the molecule is COc1ccc(CC(=O)NCCCCCI)cc1. The highest BCUT2D eigenvalue weighted by atomic mass is 127. The summed E-state index contributed by atoms with van der Waals surface area (Å²) in [6, 6.07) is 7.61. The first-order valence-electron chi connectivity index (χ1n) is 6.22. The lowest BCUT2D eigenvalue weighted by molar-refractivity contribution is -0.120. The molecule has 1 N–H and O–H groups in total. The van der Waals surface area contributed by atoms with E-state index in [0.29, 0.717) is 6.42 Å². The van der Waals surface area contributed by atoms with Crippen LogP contribution in [0.2, 0.25) is 0 Å². The maximum absolute atomic E-state index is 11.7. The number of benzene rings is 1. The van der Waals surface area contributed by atoms with E-state index in [2.05, 4.69) is 27.9 Å². The number of amides is 1. The molecule has 1 aromatic carbocycles. The standard InChI is InChI=1S/C14H20INO2/c1-18-13-7-5-12(6-8-13)11-14(17)16-10-4-2-3-9-15/h5-8H,2-4,9-11H2,1H3,(H,16,17). The average molecular weight is 361 g/mol. The van der Waals surface area contributed by atoms with Crippen molar-refractivity contribution in [1.29, 1.82) is 0 Å². The number of methoxy groups -OCH3 is 1. The Bertz CT molecular complexity index is 351. The second-order valence-corrected chi connectivity index (χ2v) is 5.20. The second-order valence-electron chi connectivity index (χ2n) is 4.12. The number of carbonyl (C=O) groups is 1. The van der Waals surface area contributed by atoms with E-state index in [1.807, 2.05) is 24.3 Å². The third kappa shape index (κ3) is 6.23. The molecule has 0 heterocycles. The zero-order chi connectivity index (χ0) is 13.2. The zero-order valence-electron chi connectivity index (χ0n) is 10.7. The fourth-order valence-corrected chi connectivity index (χ4v) is 2.15. The van der Waals surface area contributed by atoms with Crippen molar-refractivity contribution in [2.75, 3.05) is 18.1 Å². The number of unbranched alkanes of at least 4 members (excludes halogenated alkanes) is 2. The Hall–Kier alpha value is -0.780. The first-order valence-corrected chi connectivity index (χ1v) is 7.74. The van der Waals surface area contributed by atoms with Gasteiger partial charge in [0.05, 0.1) is 13.5 Å². The van der Waals surface area contributed by atoms with Gasteiger partial charge in [-0.25, -0.2) is 0 Å². The third-order valence-corrected chi connectivity index (χ3v) is 3.42. The second kappa shape index (κ2) is 9.19. The van der Waals surface area contributed by atoms with E-state index in [4.69, 9.17) is 4.74 Å². The van der Waals surface area contributed by atoms with E-state index >= 15 is 0 Å². The number of hydrogen-bond acceptors (Lipinski definition) is 2. The van der Waals surface area contributed by atoms with Gasteiger partial charge in [-0.05, 0) is 35.0 Å². The van der Waals surface area contributed by atoms with Crippen LogP contribution >= 0.6 is 22.6 Å². The number of hydrogen-bond donors (Lipinski definition) is 1. The minimum Gasteiger partial charge on any atom is -0.497 e. The molecule has 0 aliphatic carbocycles. The summed E-state index contributed by atoms with van der Waals surface area (Å²) >= 11 is 2.38. The highest BCUT2D eigenvalue weighted by Crippen LogP contribution is 2.11. The molecule has 100 valence electrons. The summed E-state index contributed by atoms with van der Waals surface area (Å²) < 4.78 is 6.27. The Balaban J connectivity index is 2.22. The van der Waals surface area contributed by atoms with Crippen molar-refractivity contribution in [2.24, 2.45) is 0 Å². The normalized spacial score (nSPS) is 10.1. The lowest BCUT2D eigenvalue weighted by atomic mass is 10.1. The van der Waals surface area contributed by atoms with Crippen molar-refractivity contribution >= 4 is 28.5 Å². The van der Waals surface area contributed by atoms with Crippen LogP contribution in [0.1, 0.15) is 24.8 Å². The van der Waals surface area contributed by atoms with Crippen LogP contribution < -0.4 is 10.1 Å². The summed E-state index contributed by atoms with van der Waals surface area (Å²) in [7, 11) is 1.64. The molecule has 0 aliphatic heterocycles. The Kier molecular flexibility index (Phi) is 7.80. The van der Waals surface area contributed by atoms with Gasteiger partial charge in [-0.1, -0.05) is 41.1 Å². The van der Waals surface area contributed by atoms with E-state index in [0.717, 1.165) is 24.3 Å². The number of carbonyl (C=O) groups excluding carboxylic acids is 1. The van der Waals surface area contributed by atoms with Gasteiger partial charge < -0.3 is 10.1 Å². The molecule has 1 aromatic rings. The van der Waals surface area contributed by atoms with Gasteiger partial charge in [0.2, 0.25) is 5.91 Å². The fraction of sp³-hybridized carbons (Fsp3) is 0.500. The maximum Gasteiger partial charge on any atom is 0.224 e. The van der Waals surface area contributed by atoms with Gasteiger partial charge in [-0.15, -0.1) is 0 Å². The monoisotopic (exact) mass is 361 g/mol. The molecule has 18 heavy (non-hydrogen) atoms. The van der Waals surface area contributed by atoms with E-state index in [1.54, 1.807) is 7.11 Å². The average Bonchev–Trinajstić information content (AvgIpc) is 2.39. The molecule has 0 spiro atoms. The van der Waals surface area contributed by atoms with E-state index < -0.39 is 0 Å². The molecule has 0 bridgehead atoms. The van der Waals surface area contributed by atoms with Gasteiger partial charge in [-0.3, -0.25) is 4.79 Å². The summed E-state index contributed by atoms with van der Waals surface area (Å²) in [5.74, 6) is 0.910. The topological polar surface area (TPSA) is 38.3 Å². The molecule has 1 amide bonds. The highest BCUT2D eigenvalue weighted by Gasteiger charge is 2.02. The van der Waals surface area contributed by atoms with Crippen LogP contribution in [0.3, 0.4) is 0 Å². The van der Waals surface area contributed by atoms with Crippen LogP contribution in [-0.4, -0.2) is 24.0 Å². The van der Waals surface area contributed by atoms with Gasteiger partial charge in [0, 0.05) is 6.54 Å². The summed E-state index contributed by atoms with van der Waals surface area (Å²) in [4.78, 5) is 11.7. The lowest BCUT2D eigenvalue weighted by Crippen LogP contribution is -2.26. The number of halogens is 1. The third-order valence-electron chi connectivity index (χ3n) is 2.66. The number of alkyl halides is 1. The largest absolute Gasteiger partial charge is 0.497 e. The molecule has 0 saturated carbocycles. The van der Waals surface area contributed by atoms with Crippen LogP contribution in [0, 0.1) is 0 Å². The van der Waals surface area contributed by atoms with Crippen molar-refractivity contribution < 1.29 is 9.53 Å².